The van der Waals surface area contributed by atoms with Crippen molar-refractivity contribution in [3.8, 4) is 5.75 Å². The molecule has 1 saturated heterocycles. The Morgan fingerprint density at radius 2 is 2.14 bits per heavy atom. The van der Waals surface area contributed by atoms with Gasteiger partial charge in [0.15, 0.2) is 0 Å². The van der Waals surface area contributed by atoms with Crippen LogP contribution in [0.5, 0.6) is 5.75 Å². The topological polar surface area (TPSA) is 55.6 Å². The summed E-state index contributed by atoms with van der Waals surface area (Å²) in [5.74, 6) is 2.25. The van der Waals surface area contributed by atoms with Gasteiger partial charge in [-0.2, -0.15) is 0 Å². The summed E-state index contributed by atoms with van der Waals surface area (Å²) in [7, 11) is 0. The molecule has 110 valence electrons. The van der Waals surface area contributed by atoms with Gasteiger partial charge in [-0.15, -0.1) is 0 Å². The highest BCUT2D eigenvalue weighted by Crippen LogP contribution is 2.21. The van der Waals surface area contributed by atoms with Crippen LogP contribution in [0.2, 0.25) is 0 Å². The Labute approximate surface area is 123 Å². The minimum atomic E-state index is 0.0187. The van der Waals surface area contributed by atoms with E-state index < -0.39 is 0 Å². The third-order valence-electron chi connectivity index (χ3n) is 3.66. The third-order valence-corrected chi connectivity index (χ3v) is 3.66. The van der Waals surface area contributed by atoms with Gasteiger partial charge in [-0.25, -0.2) is 0 Å². The number of aromatic nitrogens is 1. The molecular formula is C16H18N2O3. The van der Waals surface area contributed by atoms with Crippen molar-refractivity contribution in [2.75, 3.05) is 13.1 Å². The lowest BCUT2D eigenvalue weighted by molar-refractivity contribution is 0.0770. The largest absolute Gasteiger partial charge is 0.488 e. The van der Waals surface area contributed by atoms with Crippen LogP contribution in [0.3, 0.4) is 0 Å². The van der Waals surface area contributed by atoms with E-state index in [1.165, 1.54) is 0 Å². The van der Waals surface area contributed by atoms with Gasteiger partial charge < -0.3 is 14.1 Å². The minimum absolute atomic E-state index is 0.0187. The summed E-state index contributed by atoms with van der Waals surface area (Å²) in [6.07, 6.45) is 4.27. The maximum absolute atomic E-state index is 12.5. The summed E-state index contributed by atoms with van der Waals surface area (Å²) < 4.78 is 11.3. The van der Waals surface area contributed by atoms with Crippen LogP contribution in [0.4, 0.5) is 0 Å². The standard InChI is InChI=1S/C16H18N2O3/c1-11-9-15(12(2)20-11)16(19)18-8-5-14(10-18)21-13-3-6-17-7-4-13/h3-4,6-7,9,14H,5,8,10H2,1-2H3/t14-/m0/s1. The Bertz CT molecular complexity index is 636. The highest BCUT2D eigenvalue weighted by atomic mass is 16.5. The van der Waals surface area contributed by atoms with Gasteiger partial charge in [0.05, 0.1) is 12.1 Å². The fourth-order valence-electron chi connectivity index (χ4n) is 2.63. The zero-order valence-electron chi connectivity index (χ0n) is 12.2. The monoisotopic (exact) mass is 286 g/mol. The van der Waals surface area contributed by atoms with Crippen molar-refractivity contribution >= 4 is 5.91 Å². The van der Waals surface area contributed by atoms with Crippen LogP contribution >= 0.6 is 0 Å². The maximum atomic E-state index is 12.5. The average molecular weight is 286 g/mol. The Balaban J connectivity index is 1.64. The molecule has 0 bridgehead atoms. The molecule has 3 heterocycles. The zero-order chi connectivity index (χ0) is 14.8. The summed E-state index contributed by atoms with van der Waals surface area (Å²) in [6, 6.07) is 5.46. The highest BCUT2D eigenvalue weighted by molar-refractivity contribution is 5.95. The number of carbonyl (C=O) groups excluding carboxylic acids is 1. The SMILES string of the molecule is Cc1cc(C(=O)N2CC[C@H](Oc3ccncc3)C2)c(C)o1. The average Bonchev–Trinajstić information content (AvgIpc) is 3.06. The Kier molecular flexibility index (Phi) is 3.64. The minimum Gasteiger partial charge on any atom is -0.488 e. The van der Waals surface area contributed by atoms with Gasteiger partial charge in [-0.1, -0.05) is 0 Å². The van der Waals surface area contributed by atoms with Crippen molar-refractivity contribution < 1.29 is 13.9 Å². The number of furan rings is 1. The van der Waals surface area contributed by atoms with E-state index in [9.17, 15) is 4.79 Å². The van der Waals surface area contributed by atoms with Crippen LogP contribution in [-0.2, 0) is 0 Å². The fourth-order valence-corrected chi connectivity index (χ4v) is 2.63. The van der Waals surface area contributed by atoms with Crippen LogP contribution in [0.25, 0.3) is 0 Å². The maximum Gasteiger partial charge on any atom is 0.257 e. The molecule has 1 atom stereocenters. The highest BCUT2D eigenvalue weighted by Gasteiger charge is 2.29. The fraction of sp³-hybridized carbons (Fsp3) is 0.375. The quantitative estimate of drug-likeness (QED) is 0.870. The molecule has 0 unspecified atom stereocenters. The van der Waals surface area contributed by atoms with Gasteiger partial charge in [0.1, 0.15) is 23.4 Å². The van der Waals surface area contributed by atoms with Crippen molar-refractivity contribution in [3.05, 3.63) is 47.7 Å². The lowest BCUT2D eigenvalue weighted by atomic mass is 10.2. The molecule has 0 radical (unpaired) electrons. The number of hydrogen-bond acceptors (Lipinski definition) is 4. The number of nitrogens with zero attached hydrogens (tertiary/aromatic N) is 2. The summed E-state index contributed by atoms with van der Waals surface area (Å²) in [6.45, 7) is 4.98. The molecule has 5 heteroatoms. The van der Waals surface area contributed by atoms with E-state index in [4.69, 9.17) is 9.15 Å². The van der Waals surface area contributed by atoms with Gasteiger partial charge in [0.2, 0.25) is 0 Å². The molecule has 1 amide bonds. The molecule has 0 N–H and O–H groups in total. The molecular weight excluding hydrogens is 268 g/mol. The predicted octanol–water partition coefficient (Wildman–Crippen LogP) is 2.58. The molecule has 0 aliphatic carbocycles. The van der Waals surface area contributed by atoms with E-state index in [1.807, 2.05) is 30.9 Å². The molecule has 0 aromatic carbocycles. The van der Waals surface area contributed by atoms with E-state index in [1.54, 1.807) is 18.5 Å². The number of carbonyl (C=O) groups is 1. The van der Waals surface area contributed by atoms with Gasteiger partial charge in [-0.05, 0) is 32.0 Å². The van der Waals surface area contributed by atoms with Crippen LogP contribution in [0.1, 0.15) is 28.3 Å². The normalized spacial score (nSPS) is 18.0. The van der Waals surface area contributed by atoms with Crippen molar-refractivity contribution in [1.82, 2.24) is 9.88 Å². The van der Waals surface area contributed by atoms with Crippen molar-refractivity contribution in [2.24, 2.45) is 0 Å². The number of aryl methyl sites for hydroxylation is 2. The summed E-state index contributed by atoms with van der Waals surface area (Å²) in [5.41, 5.74) is 0.650. The van der Waals surface area contributed by atoms with Crippen molar-refractivity contribution in [1.29, 1.82) is 0 Å². The number of likely N-dealkylation sites (tertiary alicyclic amines) is 1. The van der Waals surface area contributed by atoms with Gasteiger partial charge >= 0.3 is 0 Å². The Hall–Kier alpha value is -2.30. The van der Waals surface area contributed by atoms with Crippen LogP contribution in [0.15, 0.2) is 35.0 Å². The van der Waals surface area contributed by atoms with E-state index in [0.717, 1.165) is 17.9 Å². The Morgan fingerprint density at radius 1 is 1.38 bits per heavy atom. The number of ether oxygens (including phenoxy) is 1. The zero-order valence-corrected chi connectivity index (χ0v) is 12.2. The Morgan fingerprint density at radius 3 is 2.81 bits per heavy atom. The first kappa shape index (κ1) is 13.7. The summed E-state index contributed by atoms with van der Waals surface area (Å²) >= 11 is 0. The molecule has 1 aliphatic rings. The number of hydrogen-bond donors (Lipinski definition) is 0. The summed E-state index contributed by atoms with van der Waals surface area (Å²) in [4.78, 5) is 18.3. The first-order valence-corrected chi connectivity index (χ1v) is 7.06. The smallest absolute Gasteiger partial charge is 0.257 e. The number of pyridine rings is 1. The van der Waals surface area contributed by atoms with Crippen LogP contribution in [0, 0.1) is 13.8 Å². The van der Waals surface area contributed by atoms with Crippen LogP contribution in [-0.4, -0.2) is 35.0 Å². The number of amides is 1. The second kappa shape index (κ2) is 5.60. The lowest BCUT2D eigenvalue weighted by Crippen LogP contribution is -2.31. The van der Waals surface area contributed by atoms with E-state index in [-0.39, 0.29) is 12.0 Å². The first-order chi connectivity index (χ1) is 10.1. The number of rotatable bonds is 3. The second-order valence-electron chi connectivity index (χ2n) is 5.29. The van der Waals surface area contributed by atoms with Gasteiger partial charge in [0.25, 0.3) is 5.91 Å². The molecule has 2 aromatic rings. The summed E-state index contributed by atoms with van der Waals surface area (Å²) in [5, 5.41) is 0. The predicted molar refractivity (Wildman–Crippen MR) is 77.4 cm³/mol. The van der Waals surface area contributed by atoms with Crippen molar-refractivity contribution in [3.63, 3.8) is 0 Å². The molecule has 0 spiro atoms. The first-order valence-electron chi connectivity index (χ1n) is 7.06. The molecule has 1 fully saturated rings. The van der Waals surface area contributed by atoms with E-state index >= 15 is 0 Å². The van der Waals surface area contributed by atoms with E-state index in [2.05, 4.69) is 4.98 Å². The van der Waals surface area contributed by atoms with Gasteiger partial charge in [0, 0.05) is 25.4 Å². The molecule has 5 nitrogen and oxygen atoms in total. The molecule has 2 aromatic heterocycles. The van der Waals surface area contributed by atoms with E-state index in [0.29, 0.717) is 24.4 Å². The lowest BCUT2D eigenvalue weighted by Gasteiger charge is -2.16. The third kappa shape index (κ3) is 2.91. The molecule has 0 saturated carbocycles. The van der Waals surface area contributed by atoms with Crippen LogP contribution < -0.4 is 4.74 Å². The molecule has 1 aliphatic heterocycles. The second-order valence-corrected chi connectivity index (χ2v) is 5.29. The van der Waals surface area contributed by atoms with Crippen molar-refractivity contribution in [2.45, 2.75) is 26.4 Å². The van der Waals surface area contributed by atoms with Gasteiger partial charge in [-0.3, -0.25) is 9.78 Å². The molecule has 3 rings (SSSR count). The molecule has 21 heavy (non-hydrogen) atoms.